The quantitative estimate of drug-likeness (QED) is 0.716. The third-order valence-corrected chi connectivity index (χ3v) is 5.95. The molecule has 23 heavy (non-hydrogen) atoms. The highest BCUT2D eigenvalue weighted by Gasteiger charge is 2.49. The summed E-state index contributed by atoms with van der Waals surface area (Å²) in [6.07, 6.45) is 1.47. The number of hydrogen-bond acceptors (Lipinski definition) is 6. The lowest BCUT2D eigenvalue weighted by atomic mass is 10.0. The predicted molar refractivity (Wildman–Crippen MR) is 79.4 cm³/mol. The van der Waals surface area contributed by atoms with Gasteiger partial charge < -0.3 is 14.5 Å². The number of nitrogens with zero attached hydrogens (tertiary/aromatic N) is 3. The van der Waals surface area contributed by atoms with E-state index in [1.165, 1.54) is 23.1 Å². The van der Waals surface area contributed by atoms with Crippen LogP contribution in [0, 0.1) is 0 Å². The van der Waals surface area contributed by atoms with Crippen LogP contribution in [-0.4, -0.2) is 90.6 Å². The van der Waals surface area contributed by atoms with Crippen LogP contribution in [0.3, 0.4) is 0 Å². The number of methoxy groups -OCH3 is 1. The maximum Gasteiger partial charge on any atom is 0.272 e. The number of hydrogen-bond donors (Lipinski definition) is 1. The molecule has 9 nitrogen and oxygen atoms in total. The van der Waals surface area contributed by atoms with Crippen molar-refractivity contribution in [3.63, 3.8) is 0 Å². The topological polar surface area (TPSA) is 113 Å². The molecule has 2 aliphatic heterocycles. The molecule has 0 saturated carbocycles. The third kappa shape index (κ3) is 2.95. The standard InChI is InChI=1S/C13H18N4O5S/c1-22-6-12(18)16-4-5-17(13(19)9-2-3-14-15-9)11-8-23(20,21)7-10(11)16/h2-3,10-11H,4-8H2,1H3,(H,14,15)/t10-,11+/m1/s1. The smallest absolute Gasteiger partial charge is 0.272 e. The van der Waals surface area contributed by atoms with E-state index in [4.69, 9.17) is 4.74 Å². The van der Waals surface area contributed by atoms with Crippen molar-refractivity contribution in [3.05, 3.63) is 18.0 Å². The number of ether oxygens (including phenoxy) is 1. The maximum atomic E-state index is 12.5. The number of nitrogens with one attached hydrogen (secondary N) is 1. The summed E-state index contributed by atoms with van der Waals surface area (Å²) in [6.45, 7) is 0.473. The molecule has 10 heteroatoms. The van der Waals surface area contributed by atoms with Crippen LogP contribution in [0.2, 0.25) is 0 Å². The van der Waals surface area contributed by atoms with Crippen LogP contribution in [0.1, 0.15) is 10.5 Å². The summed E-state index contributed by atoms with van der Waals surface area (Å²) in [5.74, 6) is -0.810. The first-order chi connectivity index (χ1) is 10.9. The number of carbonyl (C=O) groups is 2. The van der Waals surface area contributed by atoms with Crippen LogP contribution in [-0.2, 0) is 19.4 Å². The molecule has 1 aromatic heterocycles. The Morgan fingerprint density at radius 2 is 1.96 bits per heavy atom. The predicted octanol–water partition coefficient (Wildman–Crippen LogP) is -1.49. The molecule has 1 N–H and O–H groups in total. The van der Waals surface area contributed by atoms with Crippen LogP contribution in [0.25, 0.3) is 0 Å². The van der Waals surface area contributed by atoms with Crippen LogP contribution in [0.4, 0.5) is 0 Å². The summed E-state index contributed by atoms with van der Waals surface area (Å²) in [6, 6.07) is 0.483. The zero-order valence-electron chi connectivity index (χ0n) is 12.6. The van der Waals surface area contributed by atoms with E-state index in [9.17, 15) is 18.0 Å². The first-order valence-corrected chi connectivity index (χ1v) is 9.04. The zero-order valence-corrected chi connectivity index (χ0v) is 13.5. The molecule has 2 atom stereocenters. The summed E-state index contributed by atoms with van der Waals surface area (Å²) in [7, 11) is -1.88. The Balaban J connectivity index is 1.87. The fourth-order valence-corrected chi connectivity index (χ4v) is 5.23. The van der Waals surface area contributed by atoms with Crippen LogP contribution >= 0.6 is 0 Å². The molecule has 2 fully saturated rings. The number of aromatic amines is 1. The Labute approximate surface area is 133 Å². The van der Waals surface area contributed by atoms with E-state index in [-0.39, 0.29) is 36.5 Å². The lowest BCUT2D eigenvalue weighted by molar-refractivity contribution is -0.140. The molecule has 2 saturated heterocycles. The van der Waals surface area contributed by atoms with Crippen molar-refractivity contribution in [3.8, 4) is 0 Å². The van der Waals surface area contributed by atoms with E-state index in [0.29, 0.717) is 12.2 Å². The second kappa shape index (κ2) is 5.93. The highest BCUT2D eigenvalue weighted by Crippen LogP contribution is 2.28. The molecule has 3 rings (SSSR count). The van der Waals surface area contributed by atoms with Gasteiger partial charge in [-0.05, 0) is 6.07 Å². The van der Waals surface area contributed by atoms with E-state index in [1.807, 2.05) is 0 Å². The van der Waals surface area contributed by atoms with Gasteiger partial charge in [0.25, 0.3) is 5.91 Å². The zero-order chi connectivity index (χ0) is 16.6. The first kappa shape index (κ1) is 15.9. The normalized spacial score (nSPS) is 26.1. The molecule has 0 radical (unpaired) electrons. The van der Waals surface area contributed by atoms with Crippen molar-refractivity contribution in [2.75, 3.05) is 38.3 Å². The number of H-pyrrole nitrogens is 1. The third-order valence-electron chi connectivity index (χ3n) is 4.26. The van der Waals surface area contributed by atoms with Crippen molar-refractivity contribution < 1.29 is 22.7 Å². The van der Waals surface area contributed by atoms with Crippen LogP contribution in [0.15, 0.2) is 12.3 Å². The molecule has 2 aliphatic rings. The summed E-state index contributed by atoms with van der Waals surface area (Å²) in [4.78, 5) is 27.7. The molecule has 0 aromatic carbocycles. The van der Waals surface area contributed by atoms with Gasteiger partial charge in [-0.3, -0.25) is 14.7 Å². The maximum absolute atomic E-state index is 12.5. The lowest BCUT2D eigenvalue weighted by Crippen LogP contribution is -2.62. The van der Waals surface area contributed by atoms with Crippen LogP contribution in [0.5, 0.6) is 0 Å². The van der Waals surface area contributed by atoms with Crippen molar-refractivity contribution in [2.24, 2.45) is 0 Å². The second-order valence-corrected chi connectivity index (χ2v) is 7.85. The fraction of sp³-hybridized carbons (Fsp3) is 0.615. The number of amides is 2. The Morgan fingerprint density at radius 3 is 2.57 bits per heavy atom. The van der Waals surface area contributed by atoms with Crippen molar-refractivity contribution in [2.45, 2.75) is 12.1 Å². The minimum Gasteiger partial charge on any atom is -0.375 e. The second-order valence-electron chi connectivity index (χ2n) is 5.70. The summed E-state index contributed by atoms with van der Waals surface area (Å²) in [5, 5.41) is 6.35. The van der Waals surface area contributed by atoms with Gasteiger partial charge in [-0.2, -0.15) is 5.10 Å². The highest BCUT2D eigenvalue weighted by molar-refractivity contribution is 7.91. The Kier molecular flexibility index (Phi) is 4.11. The highest BCUT2D eigenvalue weighted by atomic mass is 32.2. The molecule has 0 bridgehead atoms. The number of sulfone groups is 1. The van der Waals surface area contributed by atoms with Gasteiger partial charge in [0.2, 0.25) is 5.91 Å². The van der Waals surface area contributed by atoms with E-state index in [0.717, 1.165) is 0 Å². The fourth-order valence-electron chi connectivity index (χ4n) is 3.25. The summed E-state index contributed by atoms with van der Waals surface area (Å²) in [5.41, 5.74) is 0.310. The Hall–Kier alpha value is -1.94. The van der Waals surface area contributed by atoms with Crippen molar-refractivity contribution in [1.82, 2.24) is 20.0 Å². The largest absolute Gasteiger partial charge is 0.375 e. The van der Waals surface area contributed by atoms with E-state index < -0.39 is 21.9 Å². The van der Waals surface area contributed by atoms with Crippen molar-refractivity contribution >= 4 is 21.7 Å². The average Bonchev–Trinajstić information content (AvgIpc) is 3.11. The molecule has 126 valence electrons. The minimum atomic E-state index is -3.30. The van der Waals surface area contributed by atoms with E-state index >= 15 is 0 Å². The van der Waals surface area contributed by atoms with E-state index in [2.05, 4.69) is 10.2 Å². The number of carbonyl (C=O) groups excluding carboxylic acids is 2. The number of fused-ring (bicyclic) bond motifs is 1. The number of rotatable bonds is 3. The molecule has 3 heterocycles. The molecule has 0 unspecified atom stereocenters. The van der Waals surface area contributed by atoms with Gasteiger partial charge in [-0.1, -0.05) is 0 Å². The average molecular weight is 342 g/mol. The summed E-state index contributed by atoms with van der Waals surface area (Å²) < 4.78 is 29.0. The van der Waals surface area contributed by atoms with Gasteiger partial charge >= 0.3 is 0 Å². The molecular formula is C13H18N4O5S. The molecule has 0 aliphatic carbocycles. The number of aromatic nitrogens is 2. The molecule has 1 aromatic rings. The van der Waals surface area contributed by atoms with Gasteiger partial charge in [0.05, 0.1) is 23.6 Å². The van der Waals surface area contributed by atoms with Gasteiger partial charge in [0, 0.05) is 26.4 Å². The number of piperazine rings is 1. The van der Waals surface area contributed by atoms with Crippen molar-refractivity contribution in [1.29, 1.82) is 0 Å². The Bertz CT molecular complexity index is 702. The minimum absolute atomic E-state index is 0.0994. The molecule has 2 amide bonds. The van der Waals surface area contributed by atoms with E-state index in [1.54, 1.807) is 6.07 Å². The van der Waals surface area contributed by atoms with Gasteiger partial charge in [-0.25, -0.2) is 8.42 Å². The Morgan fingerprint density at radius 1 is 1.30 bits per heavy atom. The van der Waals surface area contributed by atoms with Crippen LogP contribution < -0.4 is 0 Å². The molecular weight excluding hydrogens is 324 g/mol. The SMILES string of the molecule is COCC(=O)N1CCN(C(=O)c2ccn[nH]2)[C@H]2CS(=O)(=O)C[C@H]21. The lowest BCUT2D eigenvalue weighted by Gasteiger charge is -2.43. The molecule has 0 spiro atoms. The first-order valence-electron chi connectivity index (χ1n) is 7.22. The van der Waals surface area contributed by atoms with Gasteiger partial charge in [-0.15, -0.1) is 0 Å². The van der Waals surface area contributed by atoms with Gasteiger partial charge in [0.15, 0.2) is 9.84 Å². The monoisotopic (exact) mass is 342 g/mol. The van der Waals surface area contributed by atoms with Gasteiger partial charge in [0.1, 0.15) is 12.3 Å². The summed E-state index contributed by atoms with van der Waals surface area (Å²) >= 11 is 0.